The fourth-order valence-electron chi connectivity index (χ4n) is 1.06. The minimum atomic E-state index is -3.13. The molecule has 0 aromatic rings. The number of carbonyl (C=O) groups excluding carboxylic acids is 1. The van der Waals surface area contributed by atoms with Gasteiger partial charge < -0.3 is 5.32 Å². The molecule has 0 unspecified atom stereocenters. The highest BCUT2D eigenvalue weighted by Gasteiger charge is 2.28. The zero-order valence-electron chi connectivity index (χ0n) is 10.7. The predicted molar refractivity (Wildman–Crippen MR) is 66.1 cm³/mol. The zero-order chi connectivity index (χ0) is 12.8. The van der Waals surface area contributed by atoms with Crippen LogP contribution in [0.1, 0.15) is 47.0 Å². The molecule has 1 amide bonds. The standard InChI is InChI=1S/C11H23NO3S/c1-5-6-7-10(13)12-8-9-16(14,15)11(2,3)4/h5-9H2,1-4H3,(H,12,13). The minimum absolute atomic E-state index is 0.00830. The second-order valence-corrected chi connectivity index (χ2v) is 7.75. The van der Waals surface area contributed by atoms with Gasteiger partial charge in [0.2, 0.25) is 5.91 Å². The van der Waals surface area contributed by atoms with E-state index >= 15 is 0 Å². The van der Waals surface area contributed by atoms with Crippen LogP contribution in [-0.2, 0) is 14.6 Å². The van der Waals surface area contributed by atoms with Crippen molar-refractivity contribution >= 4 is 15.7 Å². The second-order valence-electron chi connectivity index (χ2n) is 4.88. The third-order valence-electron chi connectivity index (χ3n) is 2.38. The summed E-state index contributed by atoms with van der Waals surface area (Å²) in [5.74, 6) is -0.0556. The largest absolute Gasteiger partial charge is 0.355 e. The van der Waals surface area contributed by atoms with Gasteiger partial charge in [0.15, 0.2) is 9.84 Å². The van der Waals surface area contributed by atoms with Crippen molar-refractivity contribution in [2.75, 3.05) is 12.3 Å². The summed E-state index contributed by atoms with van der Waals surface area (Å²) in [5.41, 5.74) is 0. The average molecular weight is 249 g/mol. The molecule has 0 heterocycles. The first-order chi connectivity index (χ1) is 7.20. The molecule has 0 saturated carbocycles. The molecular formula is C11H23NO3S. The first kappa shape index (κ1) is 15.4. The van der Waals surface area contributed by atoms with E-state index in [0.29, 0.717) is 6.42 Å². The second kappa shape index (κ2) is 6.23. The molecule has 0 aromatic heterocycles. The molecule has 5 heteroatoms. The van der Waals surface area contributed by atoms with Crippen molar-refractivity contribution < 1.29 is 13.2 Å². The lowest BCUT2D eigenvalue weighted by Gasteiger charge is -2.19. The lowest BCUT2D eigenvalue weighted by atomic mass is 10.2. The average Bonchev–Trinajstić information content (AvgIpc) is 2.12. The van der Waals surface area contributed by atoms with Crippen LogP contribution in [0.5, 0.6) is 0 Å². The van der Waals surface area contributed by atoms with Crippen molar-refractivity contribution in [2.45, 2.75) is 51.7 Å². The molecule has 0 radical (unpaired) electrons. The molecule has 0 spiro atoms. The third kappa shape index (κ3) is 5.49. The minimum Gasteiger partial charge on any atom is -0.355 e. The molecule has 0 atom stereocenters. The number of sulfone groups is 1. The Hall–Kier alpha value is -0.580. The molecule has 0 aromatic carbocycles. The number of hydrogen-bond donors (Lipinski definition) is 1. The molecule has 0 rings (SSSR count). The van der Waals surface area contributed by atoms with Crippen LogP contribution in [-0.4, -0.2) is 31.4 Å². The van der Waals surface area contributed by atoms with Gasteiger partial charge in [0.25, 0.3) is 0 Å². The summed E-state index contributed by atoms with van der Waals surface area (Å²) >= 11 is 0. The van der Waals surface area contributed by atoms with Crippen LogP contribution < -0.4 is 5.32 Å². The molecule has 0 fully saturated rings. The van der Waals surface area contributed by atoms with Crippen molar-refractivity contribution in [3.05, 3.63) is 0 Å². The van der Waals surface area contributed by atoms with E-state index in [4.69, 9.17) is 0 Å². The number of rotatable bonds is 6. The highest BCUT2D eigenvalue weighted by atomic mass is 32.2. The van der Waals surface area contributed by atoms with E-state index in [0.717, 1.165) is 12.8 Å². The number of nitrogens with one attached hydrogen (secondary N) is 1. The van der Waals surface area contributed by atoms with Gasteiger partial charge in [-0.15, -0.1) is 0 Å². The third-order valence-corrected chi connectivity index (χ3v) is 4.99. The Morgan fingerprint density at radius 1 is 1.25 bits per heavy atom. The van der Waals surface area contributed by atoms with Gasteiger partial charge in [-0.25, -0.2) is 8.42 Å². The van der Waals surface area contributed by atoms with Crippen molar-refractivity contribution in [1.29, 1.82) is 0 Å². The molecule has 0 bridgehead atoms. The highest BCUT2D eigenvalue weighted by molar-refractivity contribution is 7.92. The van der Waals surface area contributed by atoms with Crippen LogP contribution in [0.25, 0.3) is 0 Å². The van der Waals surface area contributed by atoms with Crippen LogP contribution in [0, 0.1) is 0 Å². The first-order valence-electron chi connectivity index (χ1n) is 5.69. The van der Waals surface area contributed by atoms with E-state index in [1.165, 1.54) is 0 Å². The smallest absolute Gasteiger partial charge is 0.220 e. The van der Waals surface area contributed by atoms with E-state index in [1.807, 2.05) is 6.92 Å². The summed E-state index contributed by atoms with van der Waals surface area (Å²) in [6.07, 6.45) is 2.29. The maximum atomic E-state index is 11.7. The maximum absolute atomic E-state index is 11.7. The highest BCUT2D eigenvalue weighted by Crippen LogP contribution is 2.15. The van der Waals surface area contributed by atoms with Crippen LogP contribution in [0.15, 0.2) is 0 Å². The predicted octanol–water partition coefficient (Wildman–Crippen LogP) is 1.51. The molecule has 0 aliphatic carbocycles. The van der Waals surface area contributed by atoms with Gasteiger partial charge in [0, 0.05) is 13.0 Å². The van der Waals surface area contributed by atoms with Gasteiger partial charge in [-0.2, -0.15) is 0 Å². The lowest BCUT2D eigenvalue weighted by Crippen LogP contribution is -2.36. The SMILES string of the molecule is CCCCC(=O)NCCS(=O)(=O)C(C)(C)C. The number of amides is 1. The zero-order valence-corrected chi connectivity index (χ0v) is 11.5. The fraction of sp³-hybridized carbons (Fsp3) is 0.909. The van der Waals surface area contributed by atoms with E-state index < -0.39 is 14.6 Å². The Balaban J connectivity index is 3.96. The van der Waals surface area contributed by atoms with Gasteiger partial charge >= 0.3 is 0 Å². The molecule has 1 N–H and O–H groups in total. The van der Waals surface area contributed by atoms with Gasteiger partial charge in [-0.3, -0.25) is 4.79 Å². The van der Waals surface area contributed by atoms with Crippen molar-refractivity contribution in [2.24, 2.45) is 0 Å². The monoisotopic (exact) mass is 249 g/mol. The van der Waals surface area contributed by atoms with E-state index in [9.17, 15) is 13.2 Å². The van der Waals surface area contributed by atoms with Crippen LogP contribution in [0.4, 0.5) is 0 Å². The van der Waals surface area contributed by atoms with Gasteiger partial charge in [-0.1, -0.05) is 13.3 Å². The Bertz CT molecular complexity index is 315. The topological polar surface area (TPSA) is 63.2 Å². The Kier molecular flexibility index (Phi) is 6.00. The molecule has 4 nitrogen and oxygen atoms in total. The summed E-state index contributed by atoms with van der Waals surface area (Å²) in [4.78, 5) is 11.2. The van der Waals surface area contributed by atoms with Gasteiger partial charge in [0.05, 0.1) is 10.5 Å². The van der Waals surface area contributed by atoms with Gasteiger partial charge in [0.1, 0.15) is 0 Å². The van der Waals surface area contributed by atoms with Crippen LogP contribution in [0.3, 0.4) is 0 Å². The Morgan fingerprint density at radius 3 is 2.25 bits per heavy atom. The molecule has 0 saturated heterocycles. The molecule has 16 heavy (non-hydrogen) atoms. The van der Waals surface area contributed by atoms with Crippen molar-refractivity contribution in [3.8, 4) is 0 Å². The van der Waals surface area contributed by atoms with Crippen molar-refractivity contribution in [1.82, 2.24) is 5.32 Å². The molecular weight excluding hydrogens is 226 g/mol. The lowest BCUT2D eigenvalue weighted by molar-refractivity contribution is -0.121. The Labute approximate surface area is 98.7 Å². The number of carbonyl (C=O) groups is 1. The van der Waals surface area contributed by atoms with E-state index in [2.05, 4.69) is 5.32 Å². The summed E-state index contributed by atoms with van der Waals surface area (Å²) in [6.45, 7) is 7.23. The quantitative estimate of drug-likeness (QED) is 0.776. The number of hydrogen-bond acceptors (Lipinski definition) is 3. The summed E-state index contributed by atoms with van der Waals surface area (Å²) in [5, 5.41) is 2.63. The molecule has 96 valence electrons. The maximum Gasteiger partial charge on any atom is 0.220 e. The van der Waals surface area contributed by atoms with Crippen LogP contribution >= 0.6 is 0 Å². The summed E-state index contributed by atoms with van der Waals surface area (Å²) in [6, 6.07) is 0. The van der Waals surface area contributed by atoms with E-state index in [-0.39, 0.29) is 18.2 Å². The summed E-state index contributed by atoms with van der Waals surface area (Å²) < 4.78 is 22.6. The van der Waals surface area contributed by atoms with E-state index in [1.54, 1.807) is 20.8 Å². The molecule has 0 aliphatic rings. The normalized spacial score (nSPS) is 12.5. The molecule has 0 aliphatic heterocycles. The van der Waals surface area contributed by atoms with Crippen molar-refractivity contribution in [3.63, 3.8) is 0 Å². The Morgan fingerprint density at radius 2 is 1.81 bits per heavy atom. The first-order valence-corrected chi connectivity index (χ1v) is 7.35. The fourth-order valence-corrected chi connectivity index (χ4v) is 2.04. The van der Waals surface area contributed by atoms with Gasteiger partial charge in [-0.05, 0) is 27.2 Å². The van der Waals surface area contributed by atoms with Crippen LogP contribution in [0.2, 0.25) is 0 Å². The number of unbranched alkanes of at least 4 members (excludes halogenated alkanes) is 1. The summed E-state index contributed by atoms with van der Waals surface area (Å²) in [7, 11) is -3.13.